The zero-order valence-electron chi connectivity index (χ0n) is 13.5. The quantitative estimate of drug-likeness (QED) is 0.758. The van der Waals surface area contributed by atoms with Crippen LogP contribution in [0.25, 0.3) is 0 Å². The Morgan fingerprint density at radius 1 is 1.22 bits per heavy atom. The third-order valence-corrected chi connectivity index (χ3v) is 5.09. The first-order valence-corrected chi connectivity index (χ1v) is 8.70. The second-order valence-electron chi connectivity index (χ2n) is 6.69. The molecular formula is C19H25NO3. The van der Waals surface area contributed by atoms with E-state index in [0.29, 0.717) is 18.9 Å². The second kappa shape index (κ2) is 7.73. The topological polar surface area (TPSA) is 46.6 Å². The average molecular weight is 315 g/mol. The van der Waals surface area contributed by atoms with Crippen molar-refractivity contribution in [3.63, 3.8) is 0 Å². The minimum absolute atomic E-state index is 0.0383. The van der Waals surface area contributed by atoms with Gasteiger partial charge in [-0.2, -0.15) is 0 Å². The Labute approximate surface area is 137 Å². The number of hydrogen-bond donors (Lipinski definition) is 0. The van der Waals surface area contributed by atoms with Crippen molar-refractivity contribution in [2.45, 2.75) is 57.2 Å². The fourth-order valence-electron chi connectivity index (χ4n) is 3.83. The molecule has 1 aliphatic carbocycles. The summed E-state index contributed by atoms with van der Waals surface area (Å²) in [7, 11) is 0. The molecule has 1 heterocycles. The molecule has 1 aromatic rings. The van der Waals surface area contributed by atoms with E-state index in [-0.39, 0.29) is 11.9 Å². The monoisotopic (exact) mass is 315 g/mol. The van der Waals surface area contributed by atoms with Crippen molar-refractivity contribution in [3.05, 3.63) is 35.9 Å². The SMILES string of the molecule is O=CC1OC[C@H](Cc2ccccc2)N1C(=O)CCC1CCCC1. The number of benzene rings is 1. The Morgan fingerprint density at radius 3 is 2.65 bits per heavy atom. The van der Waals surface area contributed by atoms with E-state index in [1.165, 1.54) is 31.2 Å². The Morgan fingerprint density at radius 2 is 1.96 bits per heavy atom. The molecule has 2 aliphatic rings. The predicted molar refractivity (Wildman–Crippen MR) is 87.8 cm³/mol. The van der Waals surface area contributed by atoms with Crippen LogP contribution in [0.3, 0.4) is 0 Å². The minimum Gasteiger partial charge on any atom is -0.349 e. The smallest absolute Gasteiger partial charge is 0.225 e. The molecule has 2 atom stereocenters. The Kier molecular flexibility index (Phi) is 5.44. The van der Waals surface area contributed by atoms with Gasteiger partial charge in [-0.3, -0.25) is 9.59 Å². The van der Waals surface area contributed by atoms with Gasteiger partial charge in [-0.25, -0.2) is 0 Å². The van der Waals surface area contributed by atoms with Crippen LogP contribution in [0.15, 0.2) is 30.3 Å². The zero-order chi connectivity index (χ0) is 16.1. The molecule has 4 nitrogen and oxygen atoms in total. The summed E-state index contributed by atoms with van der Waals surface area (Å²) < 4.78 is 5.53. The van der Waals surface area contributed by atoms with Gasteiger partial charge in [-0.1, -0.05) is 56.0 Å². The summed E-state index contributed by atoms with van der Waals surface area (Å²) in [4.78, 5) is 25.6. The molecule has 1 saturated carbocycles. The molecule has 0 radical (unpaired) electrons. The van der Waals surface area contributed by atoms with Gasteiger partial charge >= 0.3 is 0 Å². The highest BCUT2D eigenvalue weighted by atomic mass is 16.5. The van der Waals surface area contributed by atoms with E-state index in [9.17, 15) is 9.59 Å². The van der Waals surface area contributed by atoms with Crippen molar-refractivity contribution in [1.82, 2.24) is 4.90 Å². The van der Waals surface area contributed by atoms with E-state index in [2.05, 4.69) is 12.1 Å². The summed E-state index contributed by atoms with van der Waals surface area (Å²) in [5, 5.41) is 0. The second-order valence-corrected chi connectivity index (χ2v) is 6.69. The van der Waals surface area contributed by atoms with E-state index in [0.717, 1.165) is 19.1 Å². The summed E-state index contributed by atoms with van der Waals surface area (Å²) in [6, 6.07) is 10.0. The molecule has 0 bridgehead atoms. The van der Waals surface area contributed by atoms with E-state index in [4.69, 9.17) is 4.74 Å². The van der Waals surface area contributed by atoms with Gasteiger partial charge in [0, 0.05) is 6.42 Å². The summed E-state index contributed by atoms with van der Waals surface area (Å²) in [5.74, 6) is 0.747. The molecule has 0 N–H and O–H groups in total. The van der Waals surface area contributed by atoms with Crippen LogP contribution in [0.4, 0.5) is 0 Å². The van der Waals surface area contributed by atoms with Gasteiger partial charge in [0.05, 0.1) is 12.6 Å². The van der Waals surface area contributed by atoms with E-state index in [1.807, 2.05) is 18.2 Å². The van der Waals surface area contributed by atoms with E-state index < -0.39 is 6.23 Å². The highest BCUT2D eigenvalue weighted by molar-refractivity contribution is 5.80. The van der Waals surface area contributed by atoms with Crippen molar-refractivity contribution in [2.24, 2.45) is 5.92 Å². The van der Waals surface area contributed by atoms with Crippen LogP contribution in [0, 0.1) is 5.92 Å². The Balaban J connectivity index is 1.62. The molecule has 1 aliphatic heterocycles. The lowest BCUT2D eigenvalue weighted by Gasteiger charge is -2.26. The van der Waals surface area contributed by atoms with Gasteiger partial charge in [0.15, 0.2) is 12.5 Å². The number of amides is 1. The van der Waals surface area contributed by atoms with Crippen molar-refractivity contribution in [1.29, 1.82) is 0 Å². The predicted octanol–water partition coefficient (Wildman–Crippen LogP) is 2.95. The van der Waals surface area contributed by atoms with E-state index in [1.54, 1.807) is 4.90 Å². The number of nitrogens with zero attached hydrogens (tertiary/aromatic N) is 1. The number of carbonyl (C=O) groups is 2. The molecule has 1 saturated heterocycles. The molecule has 124 valence electrons. The van der Waals surface area contributed by atoms with Crippen molar-refractivity contribution < 1.29 is 14.3 Å². The van der Waals surface area contributed by atoms with Gasteiger partial charge in [-0.15, -0.1) is 0 Å². The molecule has 23 heavy (non-hydrogen) atoms. The lowest BCUT2D eigenvalue weighted by Crippen LogP contribution is -2.43. The lowest BCUT2D eigenvalue weighted by atomic mass is 10.0. The third-order valence-electron chi connectivity index (χ3n) is 5.09. The summed E-state index contributed by atoms with van der Waals surface area (Å²) >= 11 is 0. The maximum absolute atomic E-state index is 12.7. The van der Waals surface area contributed by atoms with Crippen LogP contribution < -0.4 is 0 Å². The third kappa shape index (κ3) is 3.99. The van der Waals surface area contributed by atoms with Crippen LogP contribution >= 0.6 is 0 Å². The average Bonchev–Trinajstić information content (AvgIpc) is 3.23. The van der Waals surface area contributed by atoms with Crippen molar-refractivity contribution in [3.8, 4) is 0 Å². The molecule has 0 spiro atoms. The molecule has 1 unspecified atom stereocenters. The first-order chi connectivity index (χ1) is 11.3. The Bertz CT molecular complexity index is 525. The molecule has 3 rings (SSSR count). The molecule has 1 aromatic carbocycles. The lowest BCUT2D eigenvalue weighted by molar-refractivity contribution is -0.142. The maximum atomic E-state index is 12.7. The van der Waals surface area contributed by atoms with Crippen LogP contribution in [-0.4, -0.2) is 36.0 Å². The number of carbonyl (C=O) groups excluding carboxylic acids is 2. The standard InChI is InChI=1S/C19H25NO3/c21-13-19-20(18(22)11-10-15-6-4-5-7-15)17(14-23-19)12-16-8-2-1-3-9-16/h1-3,8-9,13,15,17,19H,4-7,10-12,14H2/t17-,19?/m0/s1. The van der Waals surface area contributed by atoms with Gasteiger partial charge in [0.25, 0.3) is 0 Å². The van der Waals surface area contributed by atoms with Crippen molar-refractivity contribution >= 4 is 12.2 Å². The van der Waals surface area contributed by atoms with Gasteiger partial charge in [-0.05, 0) is 24.3 Å². The zero-order valence-corrected chi connectivity index (χ0v) is 13.5. The normalized spacial score (nSPS) is 25.0. The van der Waals surface area contributed by atoms with Crippen LogP contribution in [0.2, 0.25) is 0 Å². The fourth-order valence-corrected chi connectivity index (χ4v) is 3.83. The largest absolute Gasteiger partial charge is 0.349 e. The van der Waals surface area contributed by atoms with Gasteiger partial charge < -0.3 is 9.64 Å². The highest BCUT2D eigenvalue weighted by Crippen LogP contribution is 2.29. The molecule has 0 aromatic heterocycles. The van der Waals surface area contributed by atoms with Crippen LogP contribution in [0.5, 0.6) is 0 Å². The number of ether oxygens (including phenoxy) is 1. The summed E-state index contributed by atoms with van der Waals surface area (Å²) in [6.07, 6.45) is 7.32. The maximum Gasteiger partial charge on any atom is 0.225 e. The first kappa shape index (κ1) is 16.2. The number of hydrogen-bond acceptors (Lipinski definition) is 3. The Hall–Kier alpha value is -1.68. The first-order valence-electron chi connectivity index (χ1n) is 8.70. The number of rotatable bonds is 6. The molecule has 2 fully saturated rings. The summed E-state index contributed by atoms with van der Waals surface area (Å²) in [6.45, 7) is 0.438. The number of aldehydes is 1. The molecule has 1 amide bonds. The minimum atomic E-state index is -0.709. The van der Waals surface area contributed by atoms with Crippen molar-refractivity contribution in [2.75, 3.05) is 6.61 Å². The molecule has 4 heteroatoms. The van der Waals surface area contributed by atoms with Gasteiger partial charge in [0.1, 0.15) is 0 Å². The highest BCUT2D eigenvalue weighted by Gasteiger charge is 2.37. The van der Waals surface area contributed by atoms with Gasteiger partial charge in [0.2, 0.25) is 5.91 Å². The fraction of sp³-hybridized carbons (Fsp3) is 0.579. The van der Waals surface area contributed by atoms with Crippen LogP contribution in [-0.2, 0) is 20.7 Å². The van der Waals surface area contributed by atoms with Crippen LogP contribution in [0.1, 0.15) is 44.1 Å². The summed E-state index contributed by atoms with van der Waals surface area (Å²) in [5.41, 5.74) is 1.17. The molecular weight excluding hydrogens is 290 g/mol. The van der Waals surface area contributed by atoms with E-state index >= 15 is 0 Å².